The normalized spacial score (nSPS) is 19.7. The van der Waals surface area contributed by atoms with E-state index in [9.17, 15) is 14.0 Å². The third-order valence-electron chi connectivity index (χ3n) is 9.40. The summed E-state index contributed by atoms with van der Waals surface area (Å²) in [6, 6.07) is 6.00. The summed E-state index contributed by atoms with van der Waals surface area (Å²) in [5.41, 5.74) is 0.920. The van der Waals surface area contributed by atoms with Gasteiger partial charge >= 0.3 is 11.8 Å². The summed E-state index contributed by atoms with van der Waals surface area (Å²) in [5, 5.41) is 9.57. The number of amides is 1. The van der Waals surface area contributed by atoms with Crippen molar-refractivity contribution in [3.05, 3.63) is 87.4 Å². The van der Waals surface area contributed by atoms with E-state index in [4.69, 9.17) is 14.6 Å². The summed E-state index contributed by atoms with van der Waals surface area (Å²) in [4.78, 5) is 29.8. The fourth-order valence-corrected chi connectivity index (χ4v) is 7.04. The van der Waals surface area contributed by atoms with Crippen molar-refractivity contribution in [3.63, 3.8) is 0 Å². The first-order valence-corrected chi connectivity index (χ1v) is 16.2. The minimum absolute atomic E-state index is 0.0585. The maximum absolute atomic E-state index is 15.9. The lowest BCUT2D eigenvalue weighted by atomic mass is 9.82. The fourth-order valence-electron chi connectivity index (χ4n) is 7.04. The molecule has 7 rings (SSSR count). The number of ether oxygens (including phenoxy) is 2. The van der Waals surface area contributed by atoms with Crippen molar-refractivity contribution in [2.45, 2.75) is 78.0 Å². The van der Waals surface area contributed by atoms with Crippen LogP contribution in [0.25, 0.3) is 28.1 Å². The van der Waals surface area contributed by atoms with Crippen LogP contribution in [0.3, 0.4) is 0 Å². The van der Waals surface area contributed by atoms with E-state index >= 15 is 4.39 Å². The molecule has 252 valence electrons. The van der Waals surface area contributed by atoms with Gasteiger partial charge in [0.15, 0.2) is 5.82 Å². The summed E-state index contributed by atoms with van der Waals surface area (Å²) in [6.07, 6.45) is 6.27. The van der Waals surface area contributed by atoms with Gasteiger partial charge in [-0.1, -0.05) is 0 Å². The van der Waals surface area contributed by atoms with Gasteiger partial charge in [0.25, 0.3) is 0 Å². The van der Waals surface area contributed by atoms with E-state index < -0.39 is 34.8 Å². The molecule has 48 heavy (non-hydrogen) atoms. The number of aryl methyl sites for hydroxylation is 3. The number of halogens is 2. The number of aromatic nitrogens is 6. The van der Waals surface area contributed by atoms with Gasteiger partial charge in [-0.15, -0.1) is 0 Å². The number of benzene rings is 2. The molecule has 11 nitrogen and oxygen atoms in total. The molecule has 1 amide bonds. The van der Waals surface area contributed by atoms with Crippen molar-refractivity contribution in [2.75, 3.05) is 13.2 Å². The maximum Gasteiger partial charge on any atom is 0.410 e. The predicted molar refractivity (Wildman–Crippen MR) is 175 cm³/mol. The van der Waals surface area contributed by atoms with E-state index in [0.717, 1.165) is 12.8 Å². The van der Waals surface area contributed by atoms with Gasteiger partial charge < -0.3 is 9.47 Å². The lowest BCUT2D eigenvalue weighted by molar-refractivity contribution is -0.117. The molecule has 2 atom stereocenters. The van der Waals surface area contributed by atoms with Crippen molar-refractivity contribution in [1.82, 2.24) is 33.6 Å². The highest BCUT2D eigenvalue weighted by atomic mass is 19.1. The molecule has 2 aromatic carbocycles. The molecule has 1 saturated heterocycles. The van der Waals surface area contributed by atoms with Gasteiger partial charge in [-0.25, -0.2) is 23.1 Å². The molecular formula is C35H39F2N7O4. The van der Waals surface area contributed by atoms with Crippen molar-refractivity contribution in [2.24, 2.45) is 7.05 Å². The summed E-state index contributed by atoms with van der Waals surface area (Å²) in [6.45, 7) is 11.3. The predicted octanol–water partition coefficient (Wildman–Crippen LogP) is 6.30. The number of nitrogens with zero attached hydrogens (tertiary/aromatic N) is 7. The third kappa shape index (κ3) is 4.94. The Morgan fingerprint density at radius 3 is 2.44 bits per heavy atom. The number of carbonyl (C=O) groups excluding carboxylic acids is 1. The van der Waals surface area contributed by atoms with E-state index in [1.165, 1.54) is 21.5 Å². The Morgan fingerprint density at radius 1 is 1.06 bits per heavy atom. The number of fused-ring (bicyclic) bond motifs is 3. The zero-order valence-electron chi connectivity index (χ0n) is 28.2. The van der Waals surface area contributed by atoms with E-state index in [1.807, 2.05) is 27.7 Å². The Kier molecular flexibility index (Phi) is 7.39. The minimum atomic E-state index is -0.968. The highest BCUT2D eigenvalue weighted by Gasteiger charge is 2.51. The first-order valence-electron chi connectivity index (χ1n) is 16.2. The largest absolute Gasteiger partial charge is 0.444 e. The van der Waals surface area contributed by atoms with Crippen molar-refractivity contribution in [1.29, 1.82) is 0 Å². The zero-order chi connectivity index (χ0) is 34.3. The highest BCUT2D eigenvalue weighted by Crippen LogP contribution is 2.47. The van der Waals surface area contributed by atoms with Crippen LogP contribution in [0.4, 0.5) is 13.6 Å². The first kappa shape index (κ1) is 31.8. The Bertz CT molecular complexity index is 2120. The van der Waals surface area contributed by atoms with Gasteiger partial charge in [-0.3, -0.25) is 18.7 Å². The van der Waals surface area contributed by atoms with Crippen molar-refractivity contribution < 1.29 is 23.0 Å². The Hall–Kier alpha value is -4.78. The van der Waals surface area contributed by atoms with Crippen LogP contribution in [0.15, 0.2) is 47.7 Å². The van der Waals surface area contributed by atoms with Gasteiger partial charge in [-0.2, -0.15) is 10.2 Å². The molecule has 5 aromatic rings. The number of rotatable bonds is 3. The molecule has 0 aliphatic carbocycles. The molecule has 0 bridgehead atoms. The average molecular weight is 660 g/mol. The SMILES string of the molecule is Cc1cc(-n2nc3c(c2-n2ccn(-c4ccc5c(cnn5C)c4F)c2=O)[C@H](C)N(C(=O)OC(C)(C)C)CC32CCCCO2)cc(C)c1F. The second kappa shape index (κ2) is 11.1. The number of hydrogen-bond acceptors (Lipinski definition) is 6. The van der Waals surface area contributed by atoms with E-state index in [-0.39, 0.29) is 23.4 Å². The number of imidazole rings is 1. The third-order valence-corrected chi connectivity index (χ3v) is 9.40. The maximum atomic E-state index is 15.9. The van der Waals surface area contributed by atoms with Crippen LogP contribution in [-0.4, -0.2) is 58.4 Å². The molecule has 0 saturated carbocycles. The van der Waals surface area contributed by atoms with Gasteiger partial charge in [0, 0.05) is 31.6 Å². The zero-order valence-corrected chi connectivity index (χ0v) is 28.2. The minimum Gasteiger partial charge on any atom is -0.444 e. The molecule has 1 fully saturated rings. The van der Waals surface area contributed by atoms with Crippen LogP contribution in [0.1, 0.15) is 75.4 Å². The van der Waals surface area contributed by atoms with Crippen molar-refractivity contribution in [3.8, 4) is 17.2 Å². The van der Waals surface area contributed by atoms with Crippen LogP contribution in [0, 0.1) is 25.5 Å². The lowest BCUT2D eigenvalue weighted by Crippen LogP contribution is -2.53. The molecule has 2 aliphatic heterocycles. The summed E-state index contributed by atoms with van der Waals surface area (Å²) >= 11 is 0. The van der Waals surface area contributed by atoms with E-state index in [1.54, 1.807) is 65.6 Å². The van der Waals surface area contributed by atoms with Crippen LogP contribution < -0.4 is 5.69 Å². The fraction of sp³-hybridized carbons (Fsp3) is 0.429. The molecule has 0 radical (unpaired) electrons. The summed E-state index contributed by atoms with van der Waals surface area (Å²) < 4.78 is 49.0. The average Bonchev–Trinajstić information content (AvgIpc) is 3.73. The Labute approximate surface area is 276 Å². The van der Waals surface area contributed by atoms with E-state index in [2.05, 4.69) is 5.10 Å². The monoisotopic (exact) mass is 659 g/mol. The first-order chi connectivity index (χ1) is 22.7. The molecular weight excluding hydrogens is 620 g/mol. The molecule has 2 aliphatic rings. The molecule has 1 spiro atoms. The van der Waals surface area contributed by atoms with Gasteiger partial charge in [-0.05, 0) is 96.2 Å². The van der Waals surface area contributed by atoms with Gasteiger partial charge in [0.1, 0.15) is 28.5 Å². The Morgan fingerprint density at radius 2 is 1.77 bits per heavy atom. The standard InChI is InChI=1S/C35H39F2N7O4/c1-20-16-23(17-21(2)28(20)36)44-31(42-14-13-41(32(42)45)26-11-10-25-24(29(26)37)18-38-40(25)7)27-22(3)43(33(46)48-34(4,5)6)19-35(30(27)39-44)12-8-9-15-47-35/h10-11,13-14,16-18,22H,8-9,12,15,19H2,1-7H3/t22-,35?/m0/s1. The Balaban J connectivity index is 1.49. The van der Waals surface area contributed by atoms with Gasteiger partial charge in [0.05, 0.1) is 41.1 Å². The summed E-state index contributed by atoms with van der Waals surface area (Å²) in [5.74, 6) is -0.575. The van der Waals surface area contributed by atoms with Crippen molar-refractivity contribution >= 4 is 17.0 Å². The quantitative estimate of drug-likeness (QED) is 0.225. The van der Waals surface area contributed by atoms with E-state index in [0.29, 0.717) is 52.4 Å². The lowest BCUT2D eigenvalue weighted by Gasteiger charge is -2.46. The summed E-state index contributed by atoms with van der Waals surface area (Å²) in [7, 11) is 1.72. The molecule has 1 unspecified atom stereocenters. The second-order valence-corrected chi connectivity index (χ2v) is 13.9. The van der Waals surface area contributed by atoms with Crippen LogP contribution >= 0.6 is 0 Å². The molecule has 3 aromatic heterocycles. The molecule has 5 heterocycles. The van der Waals surface area contributed by atoms with Crippen LogP contribution in [0.2, 0.25) is 0 Å². The number of hydrogen-bond donors (Lipinski definition) is 0. The van der Waals surface area contributed by atoms with Crippen LogP contribution in [-0.2, 0) is 22.1 Å². The highest BCUT2D eigenvalue weighted by molar-refractivity contribution is 5.81. The number of carbonyl (C=O) groups is 1. The topological polar surface area (TPSA) is 101 Å². The molecule has 0 N–H and O–H groups in total. The smallest absolute Gasteiger partial charge is 0.410 e. The second-order valence-electron chi connectivity index (χ2n) is 13.9. The molecule has 13 heteroatoms. The van der Waals surface area contributed by atoms with Crippen LogP contribution in [0.5, 0.6) is 0 Å². The van der Waals surface area contributed by atoms with Gasteiger partial charge in [0.2, 0.25) is 0 Å².